The highest BCUT2D eigenvalue weighted by Gasteiger charge is 3.01. The molecule has 1 atom stereocenters. The first-order valence-corrected chi connectivity index (χ1v) is 9.82. The van der Waals surface area contributed by atoms with Crippen LogP contribution >= 0.6 is 0 Å². The summed E-state index contributed by atoms with van der Waals surface area (Å²) in [6, 6.07) is 0. The number of rotatable bonds is 11. The van der Waals surface area contributed by atoms with Crippen molar-refractivity contribution in [2.45, 2.75) is 84.4 Å². The smallest absolute Gasteiger partial charge is 0.413 e. The van der Waals surface area contributed by atoms with Crippen LogP contribution < -0.4 is 0 Å². The minimum absolute atomic E-state index is 0.210. The second kappa shape index (κ2) is 10.7. The topological polar surface area (TPSA) is 26.3 Å². The molecular formula is C17H5F27O2. The Morgan fingerprint density at radius 1 is 0.391 bits per heavy atom. The molecule has 2 nitrogen and oxygen atoms in total. The number of esters is 1. The minimum atomic E-state index is -9.86. The highest BCUT2D eigenvalue weighted by atomic mass is 19.4. The fourth-order valence-corrected chi connectivity index (χ4v) is 2.64. The van der Waals surface area contributed by atoms with Crippen molar-refractivity contribution in [1.29, 1.82) is 0 Å². The lowest BCUT2D eigenvalue weighted by Gasteiger charge is -2.47. The molecule has 274 valence electrons. The average Bonchev–Trinajstić information content (AvgIpc) is 2.79. The van der Waals surface area contributed by atoms with Crippen LogP contribution in [-0.4, -0.2) is 83.4 Å². The molecule has 0 amide bonds. The lowest BCUT2D eigenvalue weighted by molar-refractivity contribution is -0.496. The molecule has 0 heterocycles. The second-order valence-corrected chi connectivity index (χ2v) is 8.51. The van der Waals surface area contributed by atoms with E-state index < -0.39 is 89.0 Å². The van der Waals surface area contributed by atoms with Crippen molar-refractivity contribution < 1.29 is 128 Å². The number of ether oxygens (including phenoxy) is 1. The van der Waals surface area contributed by atoms with Gasteiger partial charge in [-0.15, -0.1) is 0 Å². The van der Waals surface area contributed by atoms with Gasteiger partial charge in [-0.05, 0) is 6.92 Å². The van der Waals surface area contributed by atoms with Gasteiger partial charge in [-0.2, -0.15) is 114 Å². The number of alkyl halides is 27. The summed E-state index contributed by atoms with van der Waals surface area (Å²) in [4.78, 5) is 11.2. The maximum absolute atomic E-state index is 14.9. The maximum Gasteiger partial charge on any atom is 0.460 e. The molecule has 0 aromatic rings. The van der Waals surface area contributed by atoms with Gasteiger partial charge >= 0.3 is 83.4 Å². The maximum atomic E-state index is 14.9. The zero-order valence-electron chi connectivity index (χ0n) is 20.2. The van der Waals surface area contributed by atoms with Crippen LogP contribution in [-0.2, 0) is 9.53 Å². The van der Waals surface area contributed by atoms with Crippen LogP contribution in [0, 0.1) is 0 Å². The molecule has 0 spiro atoms. The van der Waals surface area contributed by atoms with Crippen LogP contribution in [0.5, 0.6) is 0 Å². The van der Waals surface area contributed by atoms with Crippen molar-refractivity contribution in [3.63, 3.8) is 0 Å². The quantitative estimate of drug-likeness (QED) is 0.120. The number of carbonyl (C=O) groups is 1. The Balaban J connectivity index is 8.16. The molecule has 0 radical (unpaired) electrons. The lowest BCUT2D eigenvalue weighted by Crippen LogP contribution is -2.81. The van der Waals surface area contributed by atoms with E-state index in [0.717, 1.165) is 0 Å². The summed E-state index contributed by atoms with van der Waals surface area (Å²) in [5.74, 6) is -89.0. The fourth-order valence-electron chi connectivity index (χ4n) is 2.64. The number of hydrogen-bond acceptors (Lipinski definition) is 2. The summed E-state index contributed by atoms with van der Waals surface area (Å²) in [5, 5.41) is 0. The number of halogens is 27. The molecule has 0 rings (SSSR count). The van der Waals surface area contributed by atoms with Gasteiger partial charge in [-0.3, -0.25) is 0 Å². The molecule has 0 fully saturated rings. The van der Waals surface area contributed by atoms with Crippen LogP contribution in [0.2, 0.25) is 0 Å². The minimum Gasteiger partial charge on any atom is -0.413 e. The monoisotopic (exact) mass is 754 g/mol. The van der Waals surface area contributed by atoms with E-state index in [9.17, 15) is 123 Å². The highest BCUT2D eigenvalue weighted by molar-refractivity contribution is 5.87. The van der Waals surface area contributed by atoms with Gasteiger partial charge in [0.25, 0.3) is 0 Å². The Morgan fingerprint density at radius 2 is 0.630 bits per heavy atom. The molecule has 0 saturated heterocycles. The van der Waals surface area contributed by atoms with Crippen molar-refractivity contribution in [3.8, 4) is 0 Å². The molecule has 1 unspecified atom stereocenters. The third-order valence-corrected chi connectivity index (χ3v) is 5.33. The summed E-state index contributed by atoms with van der Waals surface area (Å²) in [6.45, 7) is 1.84. The molecule has 0 N–H and O–H groups in total. The van der Waals surface area contributed by atoms with E-state index in [-0.39, 0.29) is 6.92 Å². The van der Waals surface area contributed by atoms with E-state index in [2.05, 4.69) is 6.58 Å². The molecule has 0 bridgehead atoms. The Morgan fingerprint density at radius 3 is 0.870 bits per heavy atom. The van der Waals surface area contributed by atoms with Crippen molar-refractivity contribution >= 4 is 5.97 Å². The molecule has 0 aliphatic heterocycles. The fraction of sp³-hybridized carbons (Fsp3) is 0.824. The molecule has 0 aromatic heterocycles. The van der Waals surface area contributed by atoms with Gasteiger partial charge in [0.15, 0.2) is 0 Å². The predicted octanol–water partition coefficient (Wildman–Crippen LogP) is 9.25. The highest BCUT2D eigenvalue weighted by Crippen LogP contribution is 2.69. The third kappa shape index (κ3) is 5.14. The van der Waals surface area contributed by atoms with Crippen LogP contribution in [0.15, 0.2) is 12.2 Å². The van der Waals surface area contributed by atoms with E-state index in [0.29, 0.717) is 0 Å². The third-order valence-electron chi connectivity index (χ3n) is 5.33. The molecule has 0 aromatic carbocycles. The summed E-state index contributed by atoms with van der Waals surface area (Å²) in [7, 11) is 0. The van der Waals surface area contributed by atoms with E-state index >= 15 is 0 Å². The van der Waals surface area contributed by atoms with Crippen LogP contribution in [0.25, 0.3) is 0 Å². The van der Waals surface area contributed by atoms with Gasteiger partial charge in [0.2, 0.25) is 0 Å². The Labute approximate surface area is 232 Å². The van der Waals surface area contributed by atoms with E-state index in [4.69, 9.17) is 0 Å². The lowest BCUT2D eigenvalue weighted by atomic mass is 9.81. The summed E-state index contributed by atoms with van der Waals surface area (Å²) < 4.78 is 364. The molecular weight excluding hydrogens is 749 g/mol. The van der Waals surface area contributed by atoms with Crippen molar-refractivity contribution in [1.82, 2.24) is 0 Å². The van der Waals surface area contributed by atoms with Gasteiger partial charge in [-0.25, -0.2) is 9.18 Å². The largest absolute Gasteiger partial charge is 0.460 e. The SMILES string of the molecule is C=C(C)C(=O)OC(F)(C(F)(F)C(F)(F)C(F)(F)C(F)(F)F)C(F)(F)C(F)(F)C(F)(F)C(F)(F)C(F)(F)C(F)(C(F)(F)F)C(F)(F)F. The normalized spacial score (nSPS) is 17.5. The summed E-state index contributed by atoms with van der Waals surface area (Å²) in [6.07, 6.45) is -25.7. The second-order valence-electron chi connectivity index (χ2n) is 8.51. The van der Waals surface area contributed by atoms with E-state index in [1.54, 1.807) is 0 Å². The Bertz CT molecular complexity index is 1150. The van der Waals surface area contributed by atoms with Crippen molar-refractivity contribution in [2.75, 3.05) is 0 Å². The van der Waals surface area contributed by atoms with Gasteiger partial charge < -0.3 is 4.74 Å². The van der Waals surface area contributed by atoms with Crippen LogP contribution in [0.1, 0.15) is 6.92 Å². The van der Waals surface area contributed by atoms with E-state index in [1.807, 2.05) is 4.74 Å². The predicted molar refractivity (Wildman–Crippen MR) is 86.3 cm³/mol. The van der Waals surface area contributed by atoms with Gasteiger partial charge in [0.05, 0.1) is 0 Å². The standard InChI is InChI=1S/C17H5F27O2/c1-3(2)4(45)46-14(35,12(31,32)10(27,28)13(33,34)17(42,43)44)11(29,30)9(25,26)8(23,24)7(21,22)6(19,20)5(18,15(36,37)38)16(39,40)41/h1H2,2H3. The summed E-state index contributed by atoms with van der Waals surface area (Å²) in [5.41, 5.74) is -11.4. The first-order chi connectivity index (χ1) is 19.3. The summed E-state index contributed by atoms with van der Waals surface area (Å²) >= 11 is 0. The van der Waals surface area contributed by atoms with Gasteiger partial charge in [0.1, 0.15) is 0 Å². The zero-order valence-corrected chi connectivity index (χ0v) is 20.2. The first-order valence-electron chi connectivity index (χ1n) is 9.82. The van der Waals surface area contributed by atoms with Gasteiger partial charge in [0, 0.05) is 5.57 Å². The Kier molecular flexibility index (Phi) is 10.0. The first kappa shape index (κ1) is 43.3. The molecule has 46 heavy (non-hydrogen) atoms. The van der Waals surface area contributed by atoms with E-state index in [1.165, 1.54) is 0 Å². The number of hydrogen-bond donors (Lipinski definition) is 0. The molecule has 0 saturated carbocycles. The molecule has 0 aliphatic carbocycles. The number of carbonyl (C=O) groups excluding carboxylic acids is 1. The van der Waals surface area contributed by atoms with Gasteiger partial charge in [-0.1, -0.05) is 6.58 Å². The Hall–Kier alpha value is -2.68. The average molecular weight is 754 g/mol. The van der Waals surface area contributed by atoms with Crippen molar-refractivity contribution in [2.24, 2.45) is 0 Å². The molecule has 29 heteroatoms. The molecule has 0 aliphatic rings. The van der Waals surface area contributed by atoms with Crippen LogP contribution in [0.3, 0.4) is 0 Å². The van der Waals surface area contributed by atoms with Crippen molar-refractivity contribution in [3.05, 3.63) is 12.2 Å². The van der Waals surface area contributed by atoms with Crippen LogP contribution in [0.4, 0.5) is 119 Å². The zero-order chi connectivity index (χ0) is 38.4.